The largest absolute Gasteiger partial charge is 0.394 e. The van der Waals surface area contributed by atoms with Crippen molar-refractivity contribution in [2.24, 2.45) is 10.2 Å². The first-order valence-corrected chi connectivity index (χ1v) is 8.46. The monoisotopic (exact) mass is 408 g/mol. The van der Waals surface area contributed by atoms with Crippen LogP contribution in [0.25, 0.3) is 0 Å². The molecule has 11 nitrogen and oxygen atoms in total. The average Bonchev–Trinajstić information content (AvgIpc) is 2.63. The van der Waals surface area contributed by atoms with Crippen LogP contribution in [-0.2, 0) is 4.74 Å². The highest BCUT2D eigenvalue weighted by Gasteiger charge is 2.43. The smallest absolute Gasteiger partial charge is 0.189 e. The quantitative estimate of drug-likeness (QED) is 0.134. The van der Waals surface area contributed by atoms with E-state index in [-0.39, 0.29) is 5.11 Å². The fourth-order valence-corrected chi connectivity index (χ4v) is 2.08. The minimum atomic E-state index is -1.50. The molecule has 0 radical (unpaired) electrons. The number of aliphatic hydroxyl groups excluding tert-OH is 4. The molecule has 0 saturated carbocycles. The van der Waals surface area contributed by atoms with Gasteiger partial charge in [0.2, 0.25) is 0 Å². The summed E-state index contributed by atoms with van der Waals surface area (Å²) in [7, 11) is 1.66. The first-order chi connectivity index (χ1) is 12.2. The minimum absolute atomic E-state index is 0.000171. The van der Waals surface area contributed by atoms with Crippen molar-refractivity contribution < 1.29 is 25.2 Å². The molecule has 0 unspecified atom stereocenters. The maximum atomic E-state index is 9.93. The van der Waals surface area contributed by atoms with Gasteiger partial charge >= 0.3 is 0 Å². The second kappa shape index (κ2) is 10.6. The lowest BCUT2D eigenvalue weighted by Crippen LogP contribution is -2.63. The van der Waals surface area contributed by atoms with Gasteiger partial charge < -0.3 is 35.8 Å². The van der Waals surface area contributed by atoms with Crippen LogP contribution >= 0.6 is 24.4 Å². The van der Waals surface area contributed by atoms with Crippen LogP contribution < -0.4 is 21.5 Å². The zero-order chi connectivity index (χ0) is 19.9. The Hall–Kier alpha value is -1.48. The molecule has 13 heteroatoms. The zero-order valence-corrected chi connectivity index (χ0v) is 16.1. The molecule has 26 heavy (non-hydrogen) atoms. The maximum Gasteiger partial charge on any atom is 0.189 e. The van der Waals surface area contributed by atoms with Crippen LogP contribution in [-0.4, -0.2) is 86.4 Å². The summed E-state index contributed by atoms with van der Waals surface area (Å²) in [4.78, 5) is 0. The summed E-state index contributed by atoms with van der Waals surface area (Å²) in [5, 5.41) is 52.3. The van der Waals surface area contributed by atoms with Crippen molar-refractivity contribution in [3.63, 3.8) is 0 Å². The summed E-state index contributed by atoms with van der Waals surface area (Å²) in [6.07, 6.45) is -6.55. The van der Waals surface area contributed by atoms with Crippen LogP contribution in [0.3, 0.4) is 0 Å². The van der Waals surface area contributed by atoms with Gasteiger partial charge in [-0.2, -0.15) is 10.2 Å². The molecule has 1 aliphatic heterocycles. The molecule has 8 N–H and O–H groups in total. The third-order valence-electron chi connectivity index (χ3n) is 3.57. The van der Waals surface area contributed by atoms with Gasteiger partial charge in [-0.1, -0.05) is 0 Å². The van der Waals surface area contributed by atoms with E-state index in [4.69, 9.17) is 34.3 Å². The summed E-state index contributed by atoms with van der Waals surface area (Å²) in [5.41, 5.74) is 6.22. The molecule has 0 bridgehead atoms. The van der Waals surface area contributed by atoms with E-state index in [9.17, 15) is 15.3 Å². The second-order valence-corrected chi connectivity index (χ2v) is 6.24. The highest BCUT2D eigenvalue weighted by Crippen LogP contribution is 2.19. The molecular weight excluding hydrogens is 384 g/mol. The Kier molecular flexibility index (Phi) is 9.21. The van der Waals surface area contributed by atoms with Crippen molar-refractivity contribution >= 4 is 46.1 Å². The van der Waals surface area contributed by atoms with Crippen LogP contribution in [0.15, 0.2) is 10.2 Å². The van der Waals surface area contributed by atoms with E-state index in [1.807, 2.05) is 0 Å². The van der Waals surface area contributed by atoms with Gasteiger partial charge in [-0.25, -0.2) is 0 Å². The summed E-state index contributed by atoms with van der Waals surface area (Å²) in [6, 6.07) is 0. The van der Waals surface area contributed by atoms with E-state index in [0.29, 0.717) is 16.5 Å². The van der Waals surface area contributed by atoms with Crippen molar-refractivity contribution in [2.45, 2.75) is 44.5 Å². The van der Waals surface area contributed by atoms with Gasteiger partial charge in [0.25, 0.3) is 0 Å². The van der Waals surface area contributed by atoms with Crippen molar-refractivity contribution in [3.8, 4) is 0 Å². The summed E-state index contributed by atoms with van der Waals surface area (Å²) in [5.74, 6) is 0. The topological polar surface area (TPSA) is 163 Å². The van der Waals surface area contributed by atoms with E-state index in [1.54, 1.807) is 20.9 Å². The zero-order valence-electron chi connectivity index (χ0n) is 14.5. The highest BCUT2D eigenvalue weighted by molar-refractivity contribution is 7.80. The number of hydrogen-bond acceptors (Lipinski definition) is 9. The van der Waals surface area contributed by atoms with Crippen LogP contribution in [0.1, 0.15) is 13.8 Å². The molecule has 1 heterocycles. The van der Waals surface area contributed by atoms with E-state index in [1.165, 1.54) is 0 Å². The van der Waals surface area contributed by atoms with E-state index in [0.717, 1.165) is 0 Å². The summed E-state index contributed by atoms with van der Waals surface area (Å²) < 4.78 is 5.28. The predicted octanol–water partition coefficient (Wildman–Crippen LogP) is -2.90. The Labute approximate surface area is 161 Å². The Bertz CT molecular complexity index is 573. The SMILES string of the molecule is CNC(=S)N/N=C(C)/C(C)=N/NC(=S)N[C@@H]1O[C@H](CO)[C@@H](O)[C@H](O)[C@H]1O. The predicted molar refractivity (Wildman–Crippen MR) is 104 cm³/mol. The van der Waals surface area contributed by atoms with Gasteiger partial charge in [0, 0.05) is 7.05 Å². The number of aliphatic hydroxyl groups is 4. The van der Waals surface area contributed by atoms with Gasteiger partial charge in [-0.15, -0.1) is 0 Å². The lowest BCUT2D eigenvalue weighted by molar-refractivity contribution is -0.232. The molecule has 5 atom stereocenters. The van der Waals surface area contributed by atoms with Gasteiger partial charge in [-0.3, -0.25) is 10.9 Å². The molecule has 1 aliphatic rings. The molecule has 0 aromatic carbocycles. The van der Waals surface area contributed by atoms with E-state index in [2.05, 4.69) is 31.7 Å². The average molecular weight is 409 g/mol. The molecule has 0 spiro atoms. The van der Waals surface area contributed by atoms with Crippen molar-refractivity contribution in [1.82, 2.24) is 21.5 Å². The molecule has 1 rings (SSSR count). The fraction of sp³-hybridized carbons (Fsp3) is 0.692. The van der Waals surface area contributed by atoms with Crippen LogP contribution in [0.4, 0.5) is 0 Å². The van der Waals surface area contributed by atoms with Gasteiger partial charge in [0.15, 0.2) is 16.5 Å². The van der Waals surface area contributed by atoms with Crippen molar-refractivity contribution in [3.05, 3.63) is 0 Å². The van der Waals surface area contributed by atoms with Crippen LogP contribution in [0.2, 0.25) is 0 Å². The number of ether oxygens (including phenoxy) is 1. The highest BCUT2D eigenvalue weighted by atomic mass is 32.1. The first kappa shape index (κ1) is 22.6. The lowest BCUT2D eigenvalue weighted by atomic mass is 9.98. The maximum absolute atomic E-state index is 9.93. The molecule has 1 saturated heterocycles. The third kappa shape index (κ3) is 6.35. The van der Waals surface area contributed by atoms with Crippen LogP contribution in [0.5, 0.6) is 0 Å². The standard InChI is InChI=1S/C13H24N6O5S2/c1-5(16-18-12(25)14-3)6(2)17-19-13(26)15-11-10(23)9(22)8(21)7(4-20)24-11/h7-11,20-23H,4H2,1-3H3,(H2,14,18,25)(H2,15,19,26)/b16-5+,17-6+/t7-,8-,9+,10-,11-/m1/s1. The van der Waals surface area contributed by atoms with Gasteiger partial charge in [-0.05, 0) is 38.3 Å². The van der Waals surface area contributed by atoms with Crippen LogP contribution in [0, 0.1) is 0 Å². The number of nitrogens with zero attached hydrogens (tertiary/aromatic N) is 2. The lowest BCUT2D eigenvalue weighted by Gasteiger charge is -2.40. The fourth-order valence-electron chi connectivity index (χ4n) is 1.87. The number of hydrogen-bond donors (Lipinski definition) is 8. The number of thiocarbonyl (C=S) groups is 2. The summed E-state index contributed by atoms with van der Waals surface area (Å²) >= 11 is 9.94. The van der Waals surface area contributed by atoms with Crippen molar-refractivity contribution in [2.75, 3.05) is 13.7 Å². The Morgan fingerprint density at radius 3 is 2.00 bits per heavy atom. The second-order valence-electron chi connectivity index (χ2n) is 5.42. The Morgan fingerprint density at radius 1 is 0.962 bits per heavy atom. The molecule has 1 fully saturated rings. The number of nitrogens with one attached hydrogen (secondary N) is 4. The third-order valence-corrected chi connectivity index (χ3v) is 4.07. The number of rotatable bonds is 5. The molecular formula is C13H24N6O5S2. The Morgan fingerprint density at radius 2 is 1.50 bits per heavy atom. The van der Waals surface area contributed by atoms with Gasteiger partial charge in [0.05, 0.1) is 18.0 Å². The first-order valence-electron chi connectivity index (χ1n) is 7.65. The van der Waals surface area contributed by atoms with Gasteiger partial charge in [0.1, 0.15) is 24.4 Å². The molecule has 0 amide bonds. The molecule has 148 valence electrons. The van der Waals surface area contributed by atoms with E-state index >= 15 is 0 Å². The number of hydrazone groups is 2. The molecule has 0 aromatic heterocycles. The Balaban J connectivity index is 2.61. The summed E-state index contributed by atoms with van der Waals surface area (Å²) in [6.45, 7) is 2.87. The molecule has 0 aliphatic carbocycles. The van der Waals surface area contributed by atoms with E-state index < -0.39 is 37.3 Å². The van der Waals surface area contributed by atoms with Crippen molar-refractivity contribution in [1.29, 1.82) is 0 Å². The minimum Gasteiger partial charge on any atom is -0.394 e. The molecule has 0 aromatic rings. The normalized spacial score (nSPS) is 29.7.